The van der Waals surface area contributed by atoms with Crippen molar-refractivity contribution >= 4 is 66.4 Å². The van der Waals surface area contributed by atoms with Gasteiger partial charge in [-0.05, 0) is 99.3 Å². The molecule has 0 aliphatic carbocycles. The van der Waals surface area contributed by atoms with Gasteiger partial charge in [-0.15, -0.1) is 0 Å². The zero-order chi connectivity index (χ0) is 41.7. The van der Waals surface area contributed by atoms with Gasteiger partial charge in [0.2, 0.25) is 0 Å². The number of benzene rings is 11. The normalized spacial score (nSPS) is 11.6. The van der Waals surface area contributed by atoms with Gasteiger partial charge in [0.25, 0.3) is 0 Å². The van der Waals surface area contributed by atoms with Gasteiger partial charge < -0.3 is 14.5 Å². The van der Waals surface area contributed by atoms with E-state index in [0.29, 0.717) is 0 Å². The summed E-state index contributed by atoms with van der Waals surface area (Å²) >= 11 is 0. The Balaban J connectivity index is 0.995. The van der Waals surface area contributed by atoms with Crippen LogP contribution in [0.3, 0.4) is 0 Å². The number of fused-ring (bicyclic) bond motifs is 4. The summed E-state index contributed by atoms with van der Waals surface area (Å²) in [6.07, 6.45) is 0. The van der Waals surface area contributed by atoms with Crippen molar-refractivity contribution in [3.05, 3.63) is 243 Å². The second-order valence-corrected chi connectivity index (χ2v) is 16.1. The van der Waals surface area contributed by atoms with Crippen molar-refractivity contribution in [2.24, 2.45) is 0 Å². The van der Waals surface area contributed by atoms with Crippen molar-refractivity contribution < 1.29 is 4.74 Å². The van der Waals surface area contributed by atoms with Crippen LogP contribution in [0, 0.1) is 0 Å². The molecule has 0 aromatic heterocycles. The molecule has 63 heavy (non-hydrogen) atoms. The average molecular weight is 805 g/mol. The average Bonchev–Trinajstić information content (AvgIpc) is 3.36. The van der Waals surface area contributed by atoms with E-state index in [1.807, 2.05) is 0 Å². The summed E-state index contributed by atoms with van der Waals surface area (Å²) in [6.45, 7) is 0. The summed E-state index contributed by atoms with van der Waals surface area (Å²) in [5, 5.41) is 6.98. The summed E-state index contributed by atoms with van der Waals surface area (Å²) < 4.78 is 7.01. The van der Waals surface area contributed by atoms with E-state index in [1.54, 1.807) is 0 Å². The van der Waals surface area contributed by atoms with Crippen molar-refractivity contribution in [3.8, 4) is 44.9 Å². The molecule has 0 fully saturated rings. The smallest absolute Gasteiger partial charge is 0.137 e. The molecular formula is C60H40N2O. The molecule has 3 heteroatoms. The second kappa shape index (κ2) is 15.3. The van der Waals surface area contributed by atoms with E-state index < -0.39 is 0 Å². The second-order valence-electron chi connectivity index (χ2n) is 16.1. The lowest BCUT2D eigenvalue weighted by atomic mass is 9.93. The van der Waals surface area contributed by atoms with Crippen LogP contribution in [-0.2, 0) is 0 Å². The number of ether oxygens (including phenoxy) is 1. The fraction of sp³-hybridized carbons (Fsp3) is 0. The summed E-state index contributed by atoms with van der Waals surface area (Å²) in [5.74, 6) is 1.67. The third kappa shape index (κ3) is 6.38. The number of rotatable bonds is 8. The minimum atomic E-state index is 0.828. The molecule has 12 rings (SSSR count). The van der Waals surface area contributed by atoms with Gasteiger partial charge in [0.15, 0.2) is 0 Å². The molecule has 11 aromatic rings. The highest BCUT2D eigenvalue weighted by atomic mass is 16.5. The molecule has 0 amide bonds. The van der Waals surface area contributed by atoms with Crippen LogP contribution >= 0.6 is 0 Å². The van der Waals surface area contributed by atoms with Crippen LogP contribution in [-0.4, -0.2) is 0 Å². The SMILES string of the molecule is c1ccc(-c2ccc(N(c3ccc4c(c3)Oc3ccc(N(c5ccc(-c6ccccc6)cc5)c5cccc6ccccc56)c5cccc-4c35)c3cccc4ccccc34)cc2)cc1. The molecule has 3 nitrogen and oxygen atoms in total. The molecule has 0 saturated carbocycles. The summed E-state index contributed by atoms with van der Waals surface area (Å²) in [4.78, 5) is 4.76. The molecular weight excluding hydrogens is 765 g/mol. The minimum Gasteiger partial charge on any atom is -0.456 e. The van der Waals surface area contributed by atoms with E-state index in [0.717, 1.165) is 67.5 Å². The van der Waals surface area contributed by atoms with Crippen molar-refractivity contribution in [1.82, 2.24) is 0 Å². The molecule has 0 N–H and O–H groups in total. The zero-order valence-corrected chi connectivity index (χ0v) is 34.4. The molecule has 0 radical (unpaired) electrons. The lowest BCUT2D eigenvalue weighted by Crippen LogP contribution is -2.12. The van der Waals surface area contributed by atoms with E-state index in [4.69, 9.17) is 4.74 Å². The van der Waals surface area contributed by atoms with Crippen LogP contribution in [0.25, 0.3) is 65.7 Å². The first-order valence-electron chi connectivity index (χ1n) is 21.5. The Labute approximate surface area is 367 Å². The van der Waals surface area contributed by atoms with Gasteiger partial charge in [0, 0.05) is 50.2 Å². The summed E-state index contributed by atoms with van der Waals surface area (Å²) in [6, 6.07) is 87.0. The van der Waals surface area contributed by atoms with Crippen LogP contribution in [0.2, 0.25) is 0 Å². The van der Waals surface area contributed by atoms with Gasteiger partial charge in [-0.25, -0.2) is 0 Å². The molecule has 1 aliphatic heterocycles. The maximum atomic E-state index is 7.01. The summed E-state index contributed by atoms with van der Waals surface area (Å²) in [7, 11) is 0. The molecule has 296 valence electrons. The van der Waals surface area contributed by atoms with Crippen LogP contribution in [0.1, 0.15) is 0 Å². The molecule has 11 aromatic carbocycles. The Morgan fingerprint density at radius 1 is 0.270 bits per heavy atom. The van der Waals surface area contributed by atoms with Crippen molar-refractivity contribution in [3.63, 3.8) is 0 Å². The molecule has 0 saturated heterocycles. The number of hydrogen-bond donors (Lipinski definition) is 0. The molecule has 0 atom stereocenters. The number of nitrogens with zero attached hydrogens (tertiary/aromatic N) is 2. The lowest BCUT2D eigenvalue weighted by Gasteiger charge is -2.31. The fourth-order valence-electron chi connectivity index (χ4n) is 9.45. The van der Waals surface area contributed by atoms with Crippen molar-refractivity contribution in [1.29, 1.82) is 0 Å². The van der Waals surface area contributed by atoms with Gasteiger partial charge in [-0.1, -0.05) is 176 Å². The van der Waals surface area contributed by atoms with E-state index >= 15 is 0 Å². The third-order valence-corrected chi connectivity index (χ3v) is 12.4. The highest BCUT2D eigenvalue weighted by Crippen LogP contribution is 2.53. The quantitative estimate of drug-likeness (QED) is 0.152. The van der Waals surface area contributed by atoms with Gasteiger partial charge in [-0.2, -0.15) is 0 Å². The zero-order valence-electron chi connectivity index (χ0n) is 34.4. The first kappa shape index (κ1) is 36.5. The van der Waals surface area contributed by atoms with Crippen LogP contribution in [0.4, 0.5) is 34.1 Å². The van der Waals surface area contributed by atoms with E-state index in [9.17, 15) is 0 Å². The number of hydrogen-bond acceptors (Lipinski definition) is 3. The maximum absolute atomic E-state index is 7.01. The molecule has 0 bridgehead atoms. The van der Waals surface area contributed by atoms with Crippen LogP contribution in [0.5, 0.6) is 11.5 Å². The highest BCUT2D eigenvalue weighted by Gasteiger charge is 2.26. The minimum absolute atomic E-state index is 0.828. The Bertz CT molecular complexity index is 3460. The van der Waals surface area contributed by atoms with E-state index in [-0.39, 0.29) is 0 Å². The fourth-order valence-corrected chi connectivity index (χ4v) is 9.45. The standard InChI is InChI=1S/C60H40N2O/c1-3-14-41(15-4-1)43-28-32-47(33-29-43)61(55-26-11-20-45-18-7-9-22-50(45)55)49-36-37-52-53-24-13-25-54-57(38-39-58(60(53)54)63-59(52)40-49)62(56-27-12-21-46-19-8-10-23-51(46)56)48-34-30-44(31-35-48)42-16-5-2-6-17-42/h1-40H. The third-order valence-electron chi connectivity index (χ3n) is 12.4. The van der Waals surface area contributed by atoms with Crippen LogP contribution < -0.4 is 14.5 Å². The molecule has 0 unspecified atom stereocenters. The maximum Gasteiger partial charge on any atom is 0.137 e. The lowest BCUT2D eigenvalue weighted by molar-refractivity contribution is 0.487. The Morgan fingerprint density at radius 2 is 0.730 bits per heavy atom. The molecule has 1 heterocycles. The monoisotopic (exact) mass is 804 g/mol. The highest BCUT2D eigenvalue weighted by molar-refractivity contribution is 6.12. The van der Waals surface area contributed by atoms with Crippen LogP contribution in [0.15, 0.2) is 243 Å². The Morgan fingerprint density at radius 3 is 1.35 bits per heavy atom. The predicted molar refractivity (Wildman–Crippen MR) is 265 cm³/mol. The molecule has 0 spiro atoms. The largest absolute Gasteiger partial charge is 0.456 e. The van der Waals surface area contributed by atoms with Gasteiger partial charge in [-0.3, -0.25) is 0 Å². The Kier molecular flexibility index (Phi) is 8.83. The molecule has 1 aliphatic rings. The first-order chi connectivity index (χ1) is 31.2. The van der Waals surface area contributed by atoms with Crippen molar-refractivity contribution in [2.75, 3.05) is 9.80 Å². The summed E-state index contributed by atoms with van der Waals surface area (Å²) in [5.41, 5.74) is 13.5. The van der Waals surface area contributed by atoms with Gasteiger partial charge in [0.1, 0.15) is 11.5 Å². The van der Waals surface area contributed by atoms with E-state index in [1.165, 1.54) is 43.8 Å². The van der Waals surface area contributed by atoms with Gasteiger partial charge >= 0.3 is 0 Å². The van der Waals surface area contributed by atoms with Crippen molar-refractivity contribution in [2.45, 2.75) is 0 Å². The Hall–Kier alpha value is -8.40. The predicted octanol–water partition coefficient (Wildman–Crippen LogP) is 17.2. The number of anilines is 6. The van der Waals surface area contributed by atoms with Gasteiger partial charge in [0.05, 0.1) is 17.1 Å². The first-order valence-corrected chi connectivity index (χ1v) is 21.5. The van der Waals surface area contributed by atoms with E-state index in [2.05, 4.69) is 252 Å². The topological polar surface area (TPSA) is 15.7 Å².